The summed E-state index contributed by atoms with van der Waals surface area (Å²) in [4.78, 5) is 15.5. The Kier molecular flexibility index (Phi) is 8.92. The van der Waals surface area contributed by atoms with Crippen LogP contribution < -0.4 is 16.2 Å². The fraction of sp³-hybridized carbons (Fsp3) is 0.412. The summed E-state index contributed by atoms with van der Waals surface area (Å²) in [5, 5.41) is 10.7. The van der Waals surface area contributed by atoms with Gasteiger partial charge >= 0.3 is 5.97 Å². The first kappa shape index (κ1) is 22.6. The molecule has 0 saturated heterocycles. The number of carboxylic acids is 1. The maximum atomic E-state index is 12.1. The Morgan fingerprint density at radius 3 is 2.63 bits per heavy atom. The Hall–Kier alpha value is -2.43. The van der Waals surface area contributed by atoms with E-state index >= 15 is 0 Å². The Balaban J connectivity index is 3.20. The molecule has 0 aliphatic heterocycles. The molecule has 0 radical (unpaired) electrons. The molecule has 0 amide bonds. The number of hydrogen-bond donors (Lipinski definition) is 3. The zero-order valence-corrected chi connectivity index (χ0v) is 16.4. The van der Waals surface area contributed by atoms with Crippen LogP contribution in [-0.4, -0.2) is 64.8 Å². The van der Waals surface area contributed by atoms with E-state index in [0.717, 1.165) is 12.5 Å². The van der Waals surface area contributed by atoms with Gasteiger partial charge in [-0.3, -0.25) is 4.99 Å². The molecule has 0 fully saturated rings. The first-order valence-electron chi connectivity index (χ1n) is 8.22. The van der Waals surface area contributed by atoms with Crippen molar-refractivity contribution in [2.75, 3.05) is 38.1 Å². The molecule has 0 heterocycles. The molecule has 0 saturated carbocycles. The molecule has 0 spiro atoms. The van der Waals surface area contributed by atoms with E-state index in [-0.39, 0.29) is 23.6 Å². The number of benzene rings is 1. The molecule has 1 rings (SSSR count). The number of methoxy groups -OCH3 is 1. The Morgan fingerprint density at radius 2 is 2.11 bits per heavy atom. The van der Waals surface area contributed by atoms with Gasteiger partial charge in [0.05, 0.1) is 35.3 Å². The number of sulfone groups is 1. The second kappa shape index (κ2) is 10.7. The van der Waals surface area contributed by atoms with Crippen LogP contribution in [0, 0.1) is 0 Å². The van der Waals surface area contributed by atoms with Crippen molar-refractivity contribution in [1.82, 2.24) is 5.43 Å². The number of hydrogen-bond acceptors (Lipinski definition) is 8. The van der Waals surface area contributed by atoms with E-state index in [2.05, 4.69) is 10.4 Å². The van der Waals surface area contributed by atoms with Crippen LogP contribution in [0.1, 0.15) is 6.92 Å². The number of para-hydroxylation sites is 1. The lowest BCUT2D eigenvalue weighted by molar-refractivity contribution is -0.132. The molecule has 0 aliphatic rings. The average molecular weight is 398 g/mol. The standard InChI is InChI=1S/C17H26N4O5S/c1-4-20-21(15-7-5-6-8-16(15)27(3,24)25)11-14(12-26-2)19-10-13(9-18)17(22)23/h5-10,14,20H,4,11-12,18H2,1-3H3,(H,22,23). The SMILES string of the molecule is CCNN(CC(COC)N=CC(=CN)C(=O)O)c1ccccc1S(C)(=O)=O. The van der Waals surface area contributed by atoms with Gasteiger partial charge in [-0.25, -0.2) is 18.6 Å². The second-order valence-corrected chi connectivity index (χ2v) is 7.66. The van der Waals surface area contributed by atoms with Crippen LogP contribution in [0.25, 0.3) is 0 Å². The van der Waals surface area contributed by atoms with E-state index in [1.165, 1.54) is 19.4 Å². The molecule has 0 aliphatic carbocycles. The number of carbonyl (C=O) groups is 1. The number of nitrogens with one attached hydrogen (secondary N) is 1. The zero-order chi connectivity index (χ0) is 20.4. The lowest BCUT2D eigenvalue weighted by Gasteiger charge is -2.29. The smallest absolute Gasteiger partial charge is 0.338 e. The molecule has 10 heteroatoms. The van der Waals surface area contributed by atoms with Crippen LogP contribution in [-0.2, 0) is 19.4 Å². The van der Waals surface area contributed by atoms with Crippen molar-refractivity contribution in [2.24, 2.45) is 10.7 Å². The predicted octanol–water partition coefficient (Wildman–Crippen LogP) is 0.434. The summed E-state index contributed by atoms with van der Waals surface area (Å²) in [5.74, 6) is -1.19. The van der Waals surface area contributed by atoms with Crippen LogP contribution in [0.4, 0.5) is 5.69 Å². The van der Waals surface area contributed by atoms with Crippen LogP contribution in [0.3, 0.4) is 0 Å². The predicted molar refractivity (Wildman–Crippen MR) is 105 cm³/mol. The molecule has 1 aromatic rings. The third kappa shape index (κ3) is 7.00. The highest BCUT2D eigenvalue weighted by molar-refractivity contribution is 7.90. The molecule has 0 aromatic heterocycles. The Bertz CT molecular complexity index is 792. The number of ether oxygens (including phenoxy) is 1. The number of hydrazine groups is 1. The maximum absolute atomic E-state index is 12.1. The molecule has 1 atom stereocenters. The molecule has 1 aromatic carbocycles. The van der Waals surface area contributed by atoms with E-state index in [9.17, 15) is 13.2 Å². The van der Waals surface area contributed by atoms with Crippen molar-refractivity contribution in [2.45, 2.75) is 17.9 Å². The van der Waals surface area contributed by atoms with Crippen molar-refractivity contribution in [1.29, 1.82) is 0 Å². The van der Waals surface area contributed by atoms with Gasteiger partial charge in [0.25, 0.3) is 0 Å². The lowest BCUT2D eigenvalue weighted by atomic mass is 10.2. The highest BCUT2D eigenvalue weighted by Gasteiger charge is 2.20. The number of nitrogens with zero attached hydrogens (tertiary/aromatic N) is 2. The molecule has 0 bridgehead atoms. The summed E-state index contributed by atoms with van der Waals surface area (Å²) in [6.07, 6.45) is 3.27. The minimum Gasteiger partial charge on any atom is -0.478 e. The van der Waals surface area contributed by atoms with Gasteiger partial charge < -0.3 is 20.6 Å². The molecular weight excluding hydrogens is 372 g/mol. The van der Waals surface area contributed by atoms with Crippen LogP contribution in [0.15, 0.2) is 45.9 Å². The zero-order valence-electron chi connectivity index (χ0n) is 15.6. The van der Waals surface area contributed by atoms with E-state index in [0.29, 0.717) is 12.2 Å². The summed E-state index contributed by atoms with van der Waals surface area (Å²) in [7, 11) is -1.94. The van der Waals surface area contributed by atoms with Crippen molar-refractivity contribution in [3.63, 3.8) is 0 Å². The molecule has 1 unspecified atom stereocenters. The maximum Gasteiger partial charge on any atom is 0.338 e. The van der Waals surface area contributed by atoms with E-state index in [4.69, 9.17) is 15.6 Å². The normalized spacial score (nSPS) is 13.7. The third-order valence-electron chi connectivity index (χ3n) is 3.51. The Morgan fingerprint density at radius 1 is 1.44 bits per heavy atom. The minimum absolute atomic E-state index is 0.150. The minimum atomic E-state index is -3.44. The fourth-order valence-corrected chi connectivity index (χ4v) is 3.22. The summed E-state index contributed by atoms with van der Waals surface area (Å²) in [6, 6.07) is 6.15. The van der Waals surface area contributed by atoms with Crippen molar-refractivity contribution >= 4 is 27.7 Å². The number of aliphatic imine (C=N–C) groups is 1. The van der Waals surface area contributed by atoms with E-state index < -0.39 is 21.8 Å². The third-order valence-corrected chi connectivity index (χ3v) is 4.65. The molecule has 4 N–H and O–H groups in total. The number of rotatable bonds is 11. The van der Waals surface area contributed by atoms with Crippen molar-refractivity contribution in [3.8, 4) is 0 Å². The molecule has 150 valence electrons. The van der Waals surface area contributed by atoms with Gasteiger partial charge in [-0.1, -0.05) is 19.1 Å². The number of anilines is 1. The second-order valence-electron chi connectivity index (χ2n) is 5.68. The molecule has 9 nitrogen and oxygen atoms in total. The average Bonchev–Trinajstić information content (AvgIpc) is 2.60. The number of nitrogens with two attached hydrogens (primary N) is 1. The highest BCUT2D eigenvalue weighted by atomic mass is 32.2. The van der Waals surface area contributed by atoms with Crippen LogP contribution >= 0.6 is 0 Å². The summed E-state index contributed by atoms with van der Waals surface area (Å²) >= 11 is 0. The first-order valence-corrected chi connectivity index (χ1v) is 10.1. The van der Waals surface area contributed by atoms with Gasteiger partial charge in [-0.15, -0.1) is 0 Å². The van der Waals surface area contributed by atoms with Gasteiger partial charge in [-0.2, -0.15) is 0 Å². The molecule has 27 heavy (non-hydrogen) atoms. The monoisotopic (exact) mass is 398 g/mol. The summed E-state index contributed by atoms with van der Waals surface area (Å²) in [6.45, 7) is 2.88. The van der Waals surface area contributed by atoms with E-state index in [1.54, 1.807) is 23.2 Å². The topological polar surface area (TPSA) is 134 Å². The van der Waals surface area contributed by atoms with E-state index in [1.807, 2.05) is 6.92 Å². The Labute approximate surface area is 159 Å². The van der Waals surface area contributed by atoms with Gasteiger partial charge in [0.15, 0.2) is 9.84 Å². The summed E-state index contributed by atoms with van der Waals surface area (Å²) in [5.41, 5.74) is 8.72. The largest absolute Gasteiger partial charge is 0.478 e. The summed E-state index contributed by atoms with van der Waals surface area (Å²) < 4.78 is 29.4. The quantitative estimate of drug-likeness (QED) is 0.278. The number of aliphatic carboxylic acids is 1. The van der Waals surface area contributed by atoms with Gasteiger partial charge in [0.1, 0.15) is 0 Å². The van der Waals surface area contributed by atoms with Gasteiger partial charge in [-0.05, 0) is 12.1 Å². The first-order chi connectivity index (χ1) is 12.7. The lowest BCUT2D eigenvalue weighted by Crippen LogP contribution is -2.44. The fourth-order valence-electron chi connectivity index (χ4n) is 2.33. The van der Waals surface area contributed by atoms with Gasteiger partial charge in [0.2, 0.25) is 0 Å². The van der Waals surface area contributed by atoms with Crippen LogP contribution in [0.5, 0.6) is 0 Å². The number of carboxylic acid groups (broad SMARTS) is 1. The van der Waals surface area contributed by atoms with Crippen LogP contribution in [0.2, 0.25) is 0 Å². The van der Waals surface area contributed by atoms with Crippen molar-refractivity contribution in [3.05, 3.63) is 36.0 Å². The van der Waals surface area contributed by atoms with Gasteiger partial charge in [0, 0.05) is 32.3 Å². The van der Waals surface area contributed by atoms with Crippen molar-refractivity contribution < 1.29 is 23.1 Å². The highest BCUT2D eigenvalue weighted by Crippen LogP contribution is 2.24. The molecular formula is C17H26N4O5S.